The standard InChI is InChI=1S/C12H17NO3S/c1-4-8(2)11(12(15)16)13(7-14)10-6-5-9(3)17-10/h5-8,11H,4H2,1-3H3,(H,15,16). The van der Waals surface area contributed by atoms with Gasteiger partial charge in [-0.1, -0.05) is 20.3 Å². The van der Waals surface area contributed by atoms with Crippen molar-refractivity contribution in [1.29, 1.82) is 0 Å². The van der Waals surface area contributed by atoms with Gasteiger partial charge in [-0.2, -0.15) is 0 Å². The number of aryl methyl sites for hydroxylation is 1. The zero-order valence-corrected chi connectivity index (χ0v) is 11.0. The van der Waals surface area contributed by atoms with Gasteiger partial charge in [0, 0.05) is 4.88 Å². The molecule has 0 aliphatic heterocycles. The van der Waals surface area contributed by atoms with E-state index in [0.717, 1.165) is 4.88 Å². The molecule has 0 aromatic carbocycles. The van der Waals surface area contributed by atoms with E-state index in [9.17, 15) is 14.7 Å². The Bertz CT molecular complexity index is 402. The number of carboxylic acids is 1. The third kappa shape index (κ3) is 3.06. The van der Waals surface area contributed by atoms with Gasteiger partial charge in [-0.05, 0) is 25.0 Å². The van der Waals surface area contributed by atoms with Crippen LogP contribution in [0.5, 0.6) is 0 Å². The van der Waals surface area contributed by atoms with E-state index in [1.807, 2.05) is 26.8 Å². The number of hydrogen-bond donors (Lipinski definition) is 1. The lowest BCUT2D eigenvalue weighted by Gasteiger charge is -2.27. The molecule has 0 aliphatic rings. The Balaban J connectivity index is 3.05. The van der Waals surface area contributed by atoms with Gasteiger partial charge in [0.25, 0.3) is 0 Å². The minimum atomic E-state index is -0.961. The predicted molar refractivity (Wildman–Crippen MR) is 68.5 cm³/mol. The zero-order valence-electron chi connectivity index (χ0n) is 10.2. The van der Waals surface area contributed by atoms with Gasteiger partial charge in [0.1, 0.15) is 6.04 Å². The molecule has 1 N–H and O–H groups in total. The number of thiophene rings is 1. The molecule has 1 amide bonds. The van der Waals surface area contributed by atoms with Crippen LogP contribution in [0.4, 0.5) is 5.00 Å². The van der Waals surface area contributed by atoms with Crippen LogP contribution in [0.3, 0.4) is 0 Å². The van der Waals surface area contributed by atoms with E-state index in [2.05, 4.69) is 0 Å². The summed E-state index contributed by atoms with van der Waals surface area (Å²) >= 11 is 1.43. The van der Waals surface area contributed by atoms with Crippen molar-refractivity contribution in [3.05, 3.63) is 17.0 Å². The van der Waals surface area contributed by atoms with Gasteiger partial charge in [0.15, 0.2) is 0 Å². The lowest BCUT2D eigenvalue weighted by molar-refractivity contribution is -0.140. The van der Waals surface area contributed by atoms with E-state index in [1.54, 1.807) is 6.07 Å². The van der Waals surface area contributed by atoms with Crippen molar-refractivity contribution >= 4 is 28.7 Å². The van der Waals surface area contributed by atoms with Crippen LogP contribution in [0.15, 0.2) is 12.1 Å². The second-order valence-electron chi connectivity index (χ2n) is 4.07. The molecular weight excluding hydrogens is 238 g/mol. The van der Waals surface area contributed by atoms with Gasteiger partial charge in [-0.15, -0.1) is 11.3 Å². The van der Waals surface area contributed by atoms with E-state index in [4.69, 9.17) is 0 Å². The smallest absolute Gasteiger partial charge is 0.327 e. The van der Waals surface area contributed by atoms with Crippen LogP contribution in [0.2, 0.25) is 0 Å². The second kappa shape index (κ2) is 5.82. The lowest BCUT2D eigenvalue weighted by Crippen LogP contribution is -2.44. The van der Waals surface area contributed by atoms with E-state index in [-0.39, 0.29) is 5.92 Å². The molecule has 1 heterocycles. The normalized spacial score (nSPS) is 14.1. The molecule has 0 bridgehead atoms. The monoisotopic (exact) mass is 255 g/mol. The Hall–Kier alpha value is -1.36. The number of carboxylic acid groups (broad SMARTS) is 1. The van der Waals surface area contributed by atoms with Crippen molar-refractivity contribution in [2.24, 2.45) is 5.92 Å². The van der Waals surface area contributed by atoms with Crippen molar-refractivity contribution in [1.82, 2.24) is 0 Å². The highest BCUT2D eigenvalue weighted by molar-refractivity contribution is 7.16. The molecule has 5 heteroatoms. The predicted octanol–water partition coefficient (Wildman–Crippen LogP) is 2.52. The SMILES string of the molecule is CCC(C)C(C(=O)O)N(C=O)c1ccc(C)s1. The van der Waals surface area contributed by atoms with Crippen molar-refractivity contribution in [2.75, 3.05) is 4.90 Å². The highest BCUT2D eigenvalue weighted by Crippen LogP contribution is 2.28. The maximum atomic E-state index is 11.3. The summed E-state index contributed by atoms with van der Waals surface area (Å²) in [7, 11) is 0. The van der Waals surface area contributed by atoms with Crippen LogP contribution < -0.4 is 4.90 Å². The van der Waals surface area contributed by atoms with E-state index in [1.165, 1.54) is 16.2 Å². The average Bonchev–Trinajstić information content (AvgIpc) is 2.70. The number of amides is 1. The first-order chi connectivity index (χ1) is 8.01. The Labute approximate surface area is 105 Å². The van der Waals surface area contributed by atoms with E-state index < -0.39 is 12.0 Å². The van der Waals surface area contributed by atoms with Crippen LogP contribution in [-0.4, -0.2) is 23.5 Å². The zero-order chi connectivity index (χ0) is 13.0. The highest BCUT2D eigenvalue weighted by atomic mass is 32.1. The summed E-state index contributed by atoms with van der Waals surface area (Å²) in [6.07, 6.45) is 1.32. The molecular formula is C12H17NO3S. The topological polar surface area (TPSA) is 57.6 Å². The van der Waals surface area contributed by atoms with E-state index >= 15 is 0 Å². The molecule has 17 heavy (non-hydrogen) atoms. The number of hydrogen-bond acceptors (Lipinski definition) is 3. The maximum Gasteiger partial charge on any atom is 0.327 e. The molecule has 0 spiro atoms. The van der Waals surface area contributed by atoms with Gasteiger partial charge in [0.05, 0.1) is 5.00 Å². The minimum Gasteiger partial charge on any atom is -0.480 e. The van der Waals surface area contributed by atoms with Crippen molar-refractivity contribution in [3.8, 4) is 0 Å². The van der Waals surface area contributed by atoms with Gasteiger partial charge in [-0.25, -0.2) is 4.79 Å². The first-order valence-electron chi connectivity index (χ1n) is 5.54. The molecule has 0 radical (unpaired) electrons. The van der Waals surface area contributed by atoms with Crippen LogP contribution in [-0.2, 0) is 9.59 Å². The lowest BCUT2D eigenvalue weighted by atomic mass is 9.98. The molecule has 1 aromatic heterocycles. The Kier molecular flexibility index (Phi) is 4.69. The molecule has 1 aromatic rings. The Morgan fingerprint density at radius 2 is 2.24 bits per heavy atom. The van der Waals surface area contributed by atoms with Crippen LogP contribution in [0, 0.1) is 12.8 Å². The van der Waals surface area contributed by atoms with Gasteiger partial charge in [-0.3, -0.25) is 9.69 Å². The molecule has 0 fully saturated rings. The summed E-state index contributed by atoms with van der Waals surface area (Å²) < 4.78 is 0. The molecule has 2 atom stereocenters. The minimum absolute atomic E-state index is 0.0832. The fourth-order valence-corrected chi connectivity index (χ4v) is 2.54. The van der Waals surface area contributed by atoms with Crippen LogP contribution >= 0.6 is 11.3 Å². The summed E-state index contributed by atoms with van der Waals surface area (Å²) in [5.41, 5.74) is 0. The summed E-state index contributed by atoms with van der Waals surface area (Å²) in [5.74, 6) is -1.04. The first-order valence-corrected chi connectivity index (χ1v) is 6.35. The molecule has 0 aliphatic carbocycles. The van der Waals surface area contributed by atoms with Crippen molar-refractivity contribution in [3.63, 3.8) is 0 Å². The number of nitrogens with zero attached hydrogens (tertiary/aromatic N) is 1. The molecule has 4 nitrogen and oxygen atoms in total. The third-order valence-corrected chi connectivity index (χ3v) is 3.84. The van der Waals surface area contributed by atoms with Crippen LogP contribution in [0.25, 0.3) is 0 Å². The van der Waals surface area contributed by atoms with Gasteiger partial charge >= 0.3 is 5.97 Å². The fourth-order valence-electron chi connectivity index (χ4n) is 1.67. The molecule has 2 unspecified atom stereocenters. The van der Waals surface area contributed by atoms with E-state index in [0.29, 0.717) is 17.8 Å². The number of carbonyl (C=O) groups excluding carboxylic acids is 1. The average molecular weight is 255 g/mol. The van der Waals surface area contributed by atoms with Crippen molar-refractivity contribution < 1.29 is 14.7 Å². The number of rotatable bonds is 6. The largest absolute Gasteiger partial charge is 0.480 e. The molecule has 0 saturated carbocycles. The highest BCUT2D eigenvalue weighted by Gasteiger charge is 2.31. The molecule has 94 valence electrons. The van der Waals surface area contributed by atoms with Crippen LogP contribution in [0.1, 0.15) is 25.1 Å². The maximum absolute atomic E-state index is 11.3. The molecule has 1 rings (SSSR count). The Morgan fingerprint density at radius 3 is 2.59 bits per heavy atom. The number of anilines is 1. The third-order valence-electron chi connectivity index (χ3n) is 2.83. The van der Waals surface area contributed by atoms with Crippen molar-refractivity contribution in [2.45, 2.75) is 33.2 Å². The Morgan fingerprint density at radius 1 is 1.59 bits per heavy atom. The summed E-state index contributed by atoms with van der Waals surface area (Å²) in [6, 6.07) is 2.87. The van der Waals surface area contributed by atoms with Gasteiger partial charge in [0.2, 0.25) is 6.41 Å². The first kappa shape index (κ1) is 13.7. The van der Waals surface area contributed by atoms with Gasteiger partial charge < -0.3 is 5.11 Å². The molecule has 0 saturated heterocycles. The summed E-state index contributed by atoms with van der Waals surface area (Å²) in [6.45, 7) is 5.69. The number of aliphatic carboxylic acids is 1. The number of carbonyl (C=O) groups is 2. The summed E-state index contributed by atoms with van der Waals surface area (Å²) in [5, 5.41) is 9.93. The summed E-state index contributed by atoms with van der Waals surface area (Å²) in [4.78, 5) is 24.8. The fraction of sp³-hybridized carbons (Fsp3) is 0.500. The second-order valence-corrected chi connectivity index (χ2v) is 5.33. The quantitative estimate of drug-likeness (QED) is 0.795.